The van der Waals surface area contributed by atoms with Gasteiger partial charge in [-0.05, 0) is 35.7 Å². The highest BCUT2D eigenvalue weighted by Gasteiger charge is 2.11. The summed E-state index contributed by atoms with van der Waals surface area (Å²) in [7, 11) is 0. The first kappa shape index (κ1) is 16.9. The fourth-order valence-corrected chi connectivity index (χ4v) is 2.26. The molecular weight excluding hydrogens is 293 g/mol. The van der Waals surface area contributed by atoms with E-state index in [2.05, 4.69) is 5.32 Å². The molecule has 2 aromatic rings. The summed E-state index contributed by atoms with van der Waals surface area (Å²) < 4.78 is 12.8. The summed E-state index contributed by atoms with van der Waals surface area (Å²) >= 11 is 0. The molecule has 4 heteroatoms. The van der Waals surface area contributed by atoms with Crippen LogP contribution in [0.3, 0.4) is 0 Å². The van der Waals surface area contributed by atoms with Crippen LogP contribution in [0.1, 0.15) is 41.6 Å². The molecule has 0 aliphatic rings. The van der Waals surface area contributed by atoms with E-state index in [9.17, 15) is 14.0 Å². The number of nitrogens with one attached hydrogen (secondary N) is 1. The number of carbonyl (C=O) groups excluding carboxylic acids is 2. The average Bonchev–Trinajstić information content (AvgIpc) is 2.59. The summed E-state index contributed by atoms with van der Waals surface area (Å²) in [6.45, 7) is 2.58. The molecule has 1 N–H and O–H groups in total. The number of benzene rings is 2. The highest BCUT2D eigenvalue weighted by atomic mass is 19.1. The van der Waals surface area contributed by atoms with Gasteiger partial charge in [-0.15, -0.1) is 0 Å². The maximum Gasteiger partial charge on any atom is 0.220 e. The van der Waals surface area contributed by atoms with Crippen molar-refractivity contribution in [2.75, 3.05) is 6.54 Å². The number of rotatable bonds is 7. The average molecular weight is 313 g/mol. The van der Waals surface area contributed by atoms with Crippen molar-refractivity contribution in [3.63, 3.8) is 0 Å². The molecule has 23 heavy (non-hydrogen) atoms. The second-order valence-corrected chi connectivity index (χ2v) is 5.55. The lowest BCUT2D eigenvalue weighted by molar-refractivity contribution is -0.121. The normalized spacial score (nSPS) is 11.7. The Bertz CT molecular complexity index is 653. The Morgan fingerprint density at radius 2 is 1.65 bits per heavy atom. The van der Waals surface area contributed by atoms with Crippen LogP contribution in [0, 0.1) is 5.82 Å². The number of halogens is 1. The quantitative estimate of drug-likeness (QED) is 0.792. The molecule has 1 amide bonds. The minimum Gasteiger partial charge on any atom is -0.355 e. The standard InChI is InChI=1S/C19H20FNO2/c1-14(15-5-3-2-4-6-15)13-21-19(23)12-11-18(22)16-7-9-17(20)10-8-16/h2-10,14H,11-13H2,1H3,(H,21,23)/t14-/m1/s1. The van der Waals surface area contributed by atoms with Crippen LogP contribution in [-0.2, 0) is 4.79 Å². The Labute approximate surface area is 135 Å². The molecule has 0 saturated heterocycles. The van der Waals surface area contributed by atoms with Gasteiger partial charge in [0, 0.05) is 24.9 Å². The van der Waals surface area contributed by atoms with Crippen LogP contribution in [0.2, 0.25) is 0 Å². The van der Waals surface area contributed by atoms with E-state index in [-0.39, 0.29) is 36.3 Å². The number of carbonyl (C=O) groups is 2. The molecule has 0 fully saturated rings. The predicted octanol–water partition coefficient (Wildman–Crippen LogP) is 3.71. The molecule has 0 bridgehead atoms. The maximum atomic E-state index is 12.8. The molecule has 120 valence electrons. The molecule has 0 heterocycles. The summed E-state index contributed by atoms with van der Waals surface area (Å²) in [6, 6.07) is 15.3. The molecule has 3 nitrogen and oxygen atoms in total. The largest absolute Gasteiger partial charge is 0.355 e. The van der Waals surface area contributed by atoms with Gasteiger partial charge in [0.25, 0.3) is 0 Å². The first-order valence-corrected chi connectivity index (χ1v) is 7.66. The Morgan fingerprint density at radius 3 is 2.30 bits per heavy atom. The minimum atomic E-state index is -0.380. The number of amides is 1. The van der Waals surface area contributed by atoms with Crippen LogP contribution in [0.25, 0.3) is 0 Å². The molecule has 0 saturated carbocycles. The number of ketones is 1. The summed E-state index contributed by atoms with van der Waals surface area (Å²) in [5, 5.41) is 2.85. The Hall–Kier alpha value is -2.49. The fourth-order valence-electron chi connectivity index (χ4n) is 2.26. The van der Waals surface area contributed by atoms with Gasteiger partial charge in [0.1, 0.15) is 5.82 Å². The number of hydrogen-bond acceptors (Lipinski definition) is 2. The van der Waals surface area contributed by atoms with Crippen molar-refractivity contribution in [1.29, 1.82) is 0 Å². The topological polar surface area (TPSA) is 46.2 Å². The van der Waals surface area contributed by atoms with Crippen molar-refractivity contribution in [3.05, 3.63) is 71.5 Å². The molecule has 0 unspecified atom stereocenters. The maximum absolute atomic E-state index is 12.8. The molecule has 0 radical (unpaired) electrons. The van der Waals surface area contributed by atoms with Crippen molar-refractivity contribution in [1.82, 2.24) is 5.32 Å². The highest BCUT2D eigenvalue weighted by Crippen LogP contribution is 2.13. The van der Waals surface area contributed by atoms with Crippen LogP contribution in [0.5, 0.6) is 0 Å². The van der Waals surface area contributed by atoms with Crippen molar-refractivity contribution >= 4 is 11.7 Å². The molecule has 2 aromatic carbocycles. The van der Waals surface area contributed by atoms with Gasteiger partial charge < -0.3 is 5.32 Å². The molecule has 0 aliphatic carbocycles. The molecule has 0 spiro atoms. The third-order valence-corrected chi connectivity index (χ3v) is 3.72. The van der Waals surface area contributed by atoms with Gasteiger partial charge in [-0.2, -0.15) is 0 Å². The number of Topliss-reactive ketones (excluding diaryl/α,β-unsaturated/α-hetero) is 1. The zero-order valence-corrected chi connectivity index (χ0v) is 13.1. The van der Waals surface area contributed by atoms with Gasteiger partial charge in [-0.25, -0.2) is 4.39 Å². The molecule has 2 rings (SSSR count). The van der Waals surface area contributed by atoms with E-state index in [4.69, 9.17) is 0 Å². The predicted molar refractivity (Wildman–Crippen MR) is 87.8 cm³/mol. The first-order valence-electron chi connectivity index (χ1n) is 7.66. The number of hydrogen-bond donors (Lipinski definition) is 1. The van der Waals surface area contributed by atoms with Crippen LogP contribution in [0.4, 0.5) is 4.39 Å². The van der Waals surface area contributed by atoms with Gasteiger partial charge in [-0.1, -0.05) is 37.3 Å². The second kappa shape index (κ2) is 8.22. The Kier molecular flexibility index (Phi) is 6.03. The summed E-state index contributed by atoms with van der Waals surface area (Å²) in [4.78, 5) is 23.8. The van der Waals surface area contributed by atoms with E-state index < -0.39 is 0 Å². The monoisotopic (exact) mass is 313 g/mol. The Morgan fingerprint density at radius 1 is 1.00 bits per heavy atom. The van der Waals surface area contributed by atoms with Crippen LogP contribution >= 0.6 is 0 Å². The molecular formula is C19H20FNO2. The van der Waals surface area contributed by atoms with E-state index in [0.717, 1.165) is 5.56 Å². The SMILES string of the molecule is C[C@H](CNC(=O)CCC(=O)c1ccc(F)cc1)c1ccccc1. The van der Waals surface area contributed by atoms with Gasteiger partial charge >= 0.3 is 0 Å². The zero-order chi connectivity index (χ0) is 16.7. The van der Waals surface area contributed by atoms with Crippen LogP contribution in [0.15, 0.2) is 54.6 Å². The summed E-state index contributed by atoms with van der Waals surface area (Å²) in [6.07, 6.45) is 0.259. The van der Waals surface area contributed by atoms with E-state index in [1.807, 2.05) is 37.3 Å². The van der Waals surface area contributed by atoms with E-state index in [0.29, 0.717) is 12.1 Å². The van der Waals surface area contributed by atoms with Crippen molar-refractivity contribution < 1.29 is 14.0 Å². The second-order valence-electron chi connectivity index (χ2n) is 5.55. The third-order valence-electron chi connectivity index (χ3n) is 3.72. The Balaban J connectivity index is 1.75. The smallest absolute Gasteiger partial charge is 0.220 e. The van der Waals surface area contributed by atoms with Gasteiger partial charge in [-0.3, -0.25) is 9.59 Å². The summed E-state index contributed by atoms with van der Waals surface area (Å²) in [5.74, 6) is -0.471. The van der Waals surface area contributed by atoms with Crippen LogP contribution < -0.4 is 5.32 Å². The molecule has 1 atom stereocenters. The molecule has 0 aliphatic heterocycles. The van der Waals surface area contributed by atoms with Crippen LogP contribution in [-0.4, -0.2) is 18.2 Å². The minimum absolute atomic E-state index is 0.122. The van der Waals surface area contributed by atoms with Gasteiger partial charge in [0.2, 0.25) is 5.91 Å². The summed E-state index contributed by atoms with van der Waals surface area (Å²) in [5.41, 5.74) is 1.59. The van der Waals surface area contributed by atoms with E-state index in [1.165, 1.54) is 24.3 Å². The van der Waals surface area contributed by atoms with Gasteiger partial charge in [0.05, 0.1) is 0 Å². The highest BCUT2D eigenvalue weighted by molar-refractivity contribution is 5.97. The lowest BCUT2D eigenvalue weighted by Crippen LogP contribution is -2.27. The van der Waals surface area contributed by atoms with Crippen molar-refractivity contribution in [2.45, 2.75) is 25.7 Å². The first-order chi connectivity index (χ1) is 11.1. The molecule has 0 aromatic heterocycles. The van der Waals surface area contributed by atoms with E-state index in [1.54, 1.807) is 0 Å². The lowest BCUT2D eigenvalue weighted by atomic mass is 10.0. The van der Waals surface area contributed by atoms with Crippen molar-refractivity contribution in [3.8, 4) is 0 Å². The third kappa shape index (κ3) is 5.33. The van der Waals surface area contributed by atoms with Crippen molar-refractivity contribution in [2.24, 2.45) is 0 Å². The zero-order valence-electron chi connectivity index (χ0n) is 13.1. The van der Waals surface area contributed by atoms with E-state index >= 15 is 0 Å². The fraction of sp³-hybridized carbons (Fsp3) is 0.263. The lowest BCUT2D eigenvalue weighted by Gasteiger charge is -2.13. The van der Waals surface area contributed by atoms with Gasteiger partial charge in [0.15, 0.2) is 5.78 Å².